The van der Waals surface area contributed by atoms with Crippen LogP contribution in [0.15, 0.2) is 66.9 Å². The molecule has 24 heavy (non-hydrogen) atoms. The van der Waals surface area contributed by atoms with Crippen molar-refractivity contribution in [3.63, 3.8) is 0 Å². The summed E-state index contributed by atoms with van der Waals surface area (Å²) in [6.45, 7) is 0. The highest BCUT2D eigenvalue weighted by Gasteiger charge is 2.32. The Kier molecular flexibility index (Phi) is 4.12. The molecule has 1 heterocycles. The number of aromatic nitrogens is 1. The first-order valence-corrected chi connectivity index (χ1v) is 7.09. The quantitative estimate of drug-likeness (QED) is 0.723. The van der Waals surface area contributed by atoms with E-state index in [0.29, 0.717) is 11.9 Å². The number of nitrogens with zero attached hydrogens (tertiary/aromatic N) is 1. The molecule has 3 nitrogen and oxygen atoms in total. The Hall–Kier alpha value is -3.02. The molecule has 0 radical (unpaired) electrons. The topological polar surface area (TPSA) is 48.1 Å². The molecule has 2 N–H and O–H groups in total. The molecule has 6 heteroatoms. The molecule has 0 aliphatic heterocycles. The van der Waals surface area contributed by atoms with Crippen LogP contribution in [0, 0.1) is 0 Å². The van der Waals surface area contributed by atoms with Gasteiger partial charge in [0.2, 0.25) is 0 Å². The van der Waals surface area contributed by atoms with Gasteiger partial charge in [0.1, 0.15) is 5.75 Å². The molecule has 0 spiro atoms. The van der Waals surface area contributed by atoms with E-state index in [9.17, 15) is 13.2 Å². The Morgan fingerprint density at radius 1 is 0.875 bits per heavy atom. The van der Waals surface area contributed by atoms with E-state index in [4.69, 9.17) is 10.5 Å². The molecule has 0 saturated heterocycles. The standard InChI is InChI=1S/C18H13F3N2O/c19-18(20,21)14-10-16(17(22)23-11-14)24-15-8-6-13(7-9-15)12-4-2-1-3-5-12/h1-11H,(H2,22,23). The molecule has 0 bridgehead atoms. The number of ether oxygens (including phenoxy) is 1. The molecular weight excluding hydrogens is 317 g/mol. The summed E-state index contributed by atoms with van der Waals surface area (Å²) in [6, 6.07) is 17.5. The van der Waals surface area contributed by atoms with Gasteiger partial charge in [0.15, 0.2) is 11.6 Å². The van der Waals surface area contributed by atoms with Crippen LogP contribution in [-0.2, 0) is 6.18 Å². The maximum Gasteiger partial charge on any atom is 0.418 e. The molecule has 2 aromatic carbocycles. The van der Waals surface area contributed by atoms with Crippen molar-refractivity contribution in [2.45, 2.75) is 6.18 Å². The number of nitrogen functional groups attached to an aromatic ring is 1. The number of pyridine rings is 1. The Labute approximate surface area is 136 Å². The molecule has 0 amide bonds. The molecule has 0 fully saturated rings. The third kappa shape index (κ3) is 3.48. The maximum absolute atomic E-state index is 12.7. The molecular formula is C18H13F3N2O. The summed E-state index contributed by atoms with van der Waals surface area (Å²) in [6.07, 6.45) is -3.82. The monoisotopic (exact) mass is 330 g/mol. The Bertz CT molecular complexity index is 831. The van der Waals surface area contributed by atoms with E-state index in [1.54, 1.807) is 12.1 Å². The van der Waals surface area contributed by atoms with Gasteiger partial charge >= 0.3 is 6.18 Å². The second-order valence-electron chi connectivity index (χ2n) is 5.10. The highest BCUT2D eigenvalue weighted by molar-refractivity contribution is 5.64. The van der Waals surface area contributed by atoms with Gasteiger partial charge in [-0.1, -0.05) is 42.5 Å². The van der Waals surface area contributed by atoms with Gasteiger partial charge in [0.05, 0.1) is 5.56 Å². The second-order valence-corrected chi connectivity index (χ2v) is 5.10. The average Bonchev–Trinajstić information content (AvgIpc) is 2.57. The van der Waals surface area contributed by atoms with Gasteiger partial charge in [-0.3, -0.25) is 0 Å². The average molecular weight is 330 g/mol. The van der Waals surface area contributed by atoms with E-state index < -0.39 is 11.7 Å². The van der Waals surface area contributed by atoms with E-state index in [-0.39, 0.29) is 11.6 Å². The SMILES string of the molecule is Nc1ncc(C(F)(F)F)cc1Oc1ccc(-c2ccccc2)cc1. The van der Waals surface area contributed by atoms with Crippen molar-refractivity contribution in [3.05, 3.63) is 72.4 Å². The van der Waals surface area contributed by atoms with Crippen LogP contribution in [0.1, 0.15) is 5.56 Å². The lowest BCUT2D eigenvalue weighted by atomic mass is 10.1. The van der Waals surface area contributed by atoms with Gasteiger partial charge in [0.25, 0.3) is 0 Å². The minimum absolute atomic E-state index is 0.102. The lowest BCUT2D eigenvalue weighted by Crippen LogP contribution is -2.07. The van der Waals surface area contributed by atoms with Gasteiger partial charge in [-0.05, 0) is 29.3 Å². The molecule has 0 saturated carbocycles. The Morgan fingerprint density at radius 3 is 2.12 bits per heavy atom. The first-order valence-electron chi connectivity index (χ1n) is 7.09. The van der Waals surface area contributed by atoms with Crippen molar-refractivity contribution < 1.29 is 17.9 Å². The number of rotatable bonds is 3. The van der Waals surface area contributed by atoms with Gasteiger partial charge < -0.3 is 10.5 Å². The number of anilines is 1. The van der Waals surface area contributed by atoms with Crippen LogP contribution in [0.3, 0.4) is 0 Å². The summed E-state index contributed by atoms with van der Waals surface area (Å²) >= 11 is 0. The van der Waals surface area contributed by atoms with Crippen molar-refractivity contribution in [1.29, 1.82) is 0 Å². The van der Waals surface area contributed by atoms with Crippen LogP contribution in [0.5, 0.6) is 11.5 Å². The van der Waals surface area contributed by atoms with Gasteiger partial charge in [-0.15, -0.1) is 0 Å². The number of alkyl halides is 3. The molecule has 0 aliphatic rings. The maximum atomic E-state index is 12.7. The highest BCUT2D eigenvalue weighted by Crippen LogP contribution is 2.35. The van der Waals surface area contributed by atoms with Crippen molar-refractivity contribution >= 4 is 5.82 Å². The third-order valence-corrected chi connectivity index (χ3v) is 3.40. The molecule has 3 rings (SSSR count). The minimum atomic E-state index is -4.50. The van der Waals surface area contributed by atoms with E-state index in [1.807, 2.05) is 42.5 Å². The number of nitrogens with two attached hydrogens (primary N) is 1. The van der Waals surface area contributed by atoms with Crippen LogP contribution in [0.4, 0.5) is 19.0 Å². The molecule has 3 aromatic rings. The Balaban J connectivity index is 1.84. The van der Waals surface area contributed by atoms with Crippen LogP contribution in [0.2, 0.25) is 0 Å². The summed E-state index contributed by atoms with van der Waals surface area (Å²) in [7, 11) is 0. The van der Waals surface area contributed by atoms with Crippen LogP contribution >= 0.6 is 0 Å². The fourth-order valence-electron chi connectivity index (χ4n) is 2.16. The van der Waals surface area contributed by atoms with Crippen LogP contribution in [-0.4, -0.2) is 4.98 Å². The van der Waals surface area contributed by atoms with Gasteiger partial charge in [-0.2, -0.15) is 13.2 Å². The van der Waals surface area contributed by atoms with Gasteiger partial charge in [-0.25, -0.2) is 4.98 Å². The third-order valence-electron chi connectivity index (χ3n) is 3.40. The Morgan fingerprint density at radius 2 is 1.50 bits per heavy atom. The van der Waals surface area contributed by atoms with Crippen LogP contribution in [0.25, 0.3) is 11.1 Å². The van der Waals surface area contributed by atoms with E-state index in [0.717, 1.165) is 17.2 Å². The summed E-state index contributed by atoms with van der Waals surface area (Å²) in [5.74, 6) is 0.148. The largest absolute Gasteiger partial charge is 0.453 e. The predicted octanol–water partition coefficient (Wildman–Crippen LogP) is 5.14. The molecule has 0 atom stereocenters. The van der Waals surface area contributed by atoms with Crippen molar-refractivity contribution in [2.24, 2.45) is 0 Å². The van der Waals surface area contributed by atoms with Gasteiger partial charge in [0, 0.05) is 6.20 Å². The summed E-state index contributed by atoms with van der Waals surface area (Å²) in [5.41, 5.74) is 6.69. The number of hydrogen-bond donors (Lipinski definition) is 1. The summed E-state index contributed by atoms with van der Waals surface area (Å²) in [4.78, 5) is 3.54. The lowest BCUT2D eigenvalue weighted by Gasteiger charge is -2.12. The molecule has 0 aliphatic carbocycles. The first-order chi connectivity index (χ1) is 11.4. The molecule has 122 valence electrons. The van der Waals surface area contributed by atoms with Crippen LogP contribution < -0.4 is 10.5 Å². The van der Waals surface area contributed by atoms with E-state index >= 15 is 0 Å². The second kappa shape index (κ2) is 6.23. The molecule has 0 unspecified atom stereocenters. The number of benzene rings is 2. The lowest BCUT2D eigenvalue weighted by molar-refractivity contribution is -0.137. The normalized spacial score (nSPS) is 11.3. The smallest absolute Gasteiger partial charge is 0.418 e. The minimum Gasteiger partial charge on any atom is -0.453 e. The fourth-order valence-corrected chi connectivity index (χ4v) is 2.16. The van der Waals surface area contributed by atoms with E-state index in [1.165, 1.54) is 0 Å². The fraction of sp³-hybridized carbons (Fsp3) is 0.0556. The van der Waals surface area contributed by atoms with Crippen molar-refractivity contribution in [2.75, 3.05) is 5.73 Å². The first kappa shape index (κ1) is 15.9. The predicted molar refractivity (Wildman–Crippen MR) is 85.6 cm³/mol. The van der Waals surface area contributed by atoms with Crippen molar-refractivity contribution in [1.82, 2.24) is 4.98 Å². The zero-order valence-electron chi connectivity index (χ0n) is 12.4. The molecule has 1 aromatic heterocycles. The zero-order valence-corrected chi connectivity index (χ0v) is 12.4. The number of halogens is 3. The summed E-state index contributed by atoms with van der Waals surface area (Å²) in [5, 5.41) is 0. The number of hydrogen-bond acceptors (Lipinski definition) is 3. The zero-order chi connectivity index (χ0) is 17.2. The van der Waals surface area contributed by atoms with E-state index in [2.05, 4.69) is 4.98 Å². The van der Waals surface area contributed by atoms with Crippen molar-refractivity contribution in [3.8, 4) is 22.6 Å². The summed E-state index contributed by atoms with van der Waals surface area (Å²) < 4.78 is 43.7. The highest BCUT2D eigenvalue weighted by atomic mass is 19.4.